The maximum atomic E-state index is 11.3. The first-order valence-corrected chi connectivity index (χ1v) is 7.29. The van der Waals surface area contributed by atoms with Gasteiger partial charge in [-0.05, 0) is 30.3 Å². The van der Waals surface area contributed by atoms with E-state index in [1.54, 1.807) is 30.5 Å². The zero-order chi connectivity index (χ0) is 16.8. The number of rotatable bonds is 2. The fourth-order valence-corrected chi connectivity index (χ4v) is 3.01. The van der Waals surface area contributed by atoms with Crippen molar-refractivity contribution in [1.82, 2.24) is 14.5 Å². The lowest BCUT2D eigenvalue weighted by atomic mass is 10.1. The normalized spacial score (nSPS) is 11.0. The smallest absolute Gasteiger partial charge is 0.335 e. The molecule has 0 spiro atoms. The summed E-state index contributed by atoms with van der Waals surface area (Å²) in [5.41, 5.74) is 4.03. The van der Waals surface area contributed by atoms with E-state index in [-0.39, 0.29) is 5.56 Å². The molecule has 3 heterocycles. The number of nitriles is 1. The quantitative estimate of drug-likeness (QED) is 0.593. The third-order valence-electron chi connectivity index (χ3n) is 4.18. The number of carboxylic acids is 1. The maximum absolute atomic E-state index is 11.3. The number of benzene rings is 1. The van der Waals surface area contributed by atoms with Gasteiger partial charge in [0.25, 0.3) is 0 Å². The Labute approximate surface area is 136 Å². The van der Waals surface area contributed by atoms with Crippen molar-refractivity contribution in [3.8, 4) is 17.3 Å². The Kier molecular flexibility index (Phi) is 2.90. The van der Waals surface area contributed by atoms with E-state index in [0.717, 1.165) is 27.5 Å². The van der Waals surface area contributed by atoms with Gasteiger partial charge < -0.3 is 14.7 Å². The van der Waals surface area contributed by atoms with Gasteiger partial charge >= 0.3 is 5.97 Å². The van der Waals surface area contributed by atoms with Crippen LogP contribution in [0.25, 0.3) is 33.2 Å². The number of H-pyrrole nitrogens is 1. The number of pyridine rings is 1. The minimum Gasteiger partial charge on any atom is -0.478 e. The average molecular weight is 316 g/mol. The molecule has 3 aromatic heterocycles. The molecule has 0 saturated heterocycles. The van der Waals surface area contributed by atoms with Gasteiger partial charge in [-0.2, -0.15) is 5.26 Å². The fraction of sp³-hybridized carbons (Fsp3) is 0.0556. The molecule has 6 heteroatoms. The van der Waals surface area contributed by atoms with Gasteiger partial charge in [-0.25, -0.2) is 9.78 Å². The van der Waals surface area contributed by atoms with E-state index in [9.17, 15) is 15.2 Å². The van der Waals surface area contributed by atoms with E-state index in [1.807, 2.05) is 23.9 Å². The van der Waals surface area contributed by atoms with Crippen LogP contribution in [0.4, 0.5) is 0 Å². The van der Waals surface area contributed by atoms with Crippen LogP contribution in [0.2, 0.25) is 0 Å². The highest BCUT2D eigenvalue weighted by molar-refractivity contribution is 6.02. The predicted octanol–water partition coefficient (Wildman–Crippen LogP) is 3.29. The number of aryl methyl sites for hydroxylation is 1. The molecule has 0 fully saturated rings. The highest BCUT2D eigenvalue weighted by Gasteiger charge is 2.15. The lowest BCUT2D eigenvalue weighted by Gasteiger charge is -1.99. The van der Waals surface area contributed by atoms with Crippen molar-refractivity contribution in [3.63, 3.8) is 0 Å². The molecule has 0 unspecified atom stereocenters. The van der Waals surface area contributed by atoms with E-state index in [0.29, 0.717) is 11.2 Å². The van der Waals surface area contributed by atoms with Crippen LogP contribution in [0.5, 0.6) is 0 Å². The number of aromatic carboxylic acids is 1. The van der Waals surface area contributed by atoms with Crippen molar-refractivity contribution < 1.29 is 9.90 Å². The highest BCUT2D eigenvalue weighted by atomic mass is 16.4. The third-order valence-corrected chi connectivity index (χ3v) is 4.18. The second kappa shape index (κ2) is 4.96. The first kappa shape index (κ1) is 14.0. The van der Waals surface area contributed by atoms with E-state index < -0.39 is 5.97 Å². The van der Waals surface area contributed by atoms with Crippen molar-refractivity contribution in [2.24, 2.45) is 7.05 Å². The van der Waals surface area contributed by atoms with E-state index in [4.69, 9.17) is 0 Å². The minimum atomic E-state index is -0.961. The Morgan fingerprint density at radius 2 is 2.12 bits per heavy atom. The van der Waals surface area contributed by atoms with Gasteiger partial charge in [0.1, 0.15) is 5.65 Å². The van der Waals surface area contributed by atoms with E-state index in [1.165, 1.54) is 0 Å². The maximum Gasteiger partial charge on any atom is 0.335 e. The summed E-state index contributed by atoms with van der Waals surface area (Å²) in [7, 11) is 1.91. The molecule has 0 amide bonds. The van der Waals surface area contributed by atoms with Gasteiger partial charge in [-0.15, -0.1) is 0 Å². The van der Waals surface area contributed by atoms with Crippen molar-refractivity contribution >= 4 is 27.9 Å². The number of nitrogens with zero attached hydrogens (tertiary/aromatic N) is 3. The number of aromatic amines is 1. The number of hydrogen-bond acceptors (Lipinski definition) is 3. The van der Waals surface area contributed by atoms with Crippen LogP contribution in [0.1, 0.15) is 15.9 Å². The van der Waals surface area contributed by atoms with Gasteiger partial charge in [-0.3, -0.25) is 0 Å². The van der Waals surface area contributed by atoms with Crippen LogP contribution in [0.15, 0.2) is 42.7 Å². The first-order valence-electron chi connectivity index (χ1n) is 7.29. The van der Waals surface area contributed by atoms with E-state index >= 15 is 0 Å². The molecule has 0 saturated carbocycles. The molecular weight excluding hydrogens is 304 g/mol. The molecule has 116 valence electrons. The van der Waals surface area contributed by atoms with Gasteiger partial charge in [0.15, 0.2) is 0 Å². The lowest BCUT2D eigenvalue weighted by molar-refractivity contribution is 0.0697. The lowest BCUT2D eigenvalue weighted by Crippen LogP contribution is -1.95. The molecular formula is C18H12N4O2. The summed E-state index contributed by atoms with van der Waals surface area (Å²) in [4.78, 5) is 18.7. The number of carbonyl (C=O) groups is 1. The molecule has 0 atom stereocenters. The van der Waals surface area contributed by atoms with Gasteiger partial charge in [0.2, 0.25) is 0 Å². The number of nitrogens with one attached hydrogen (secondary N) is 1. The van der Waals surface area contributed by atoms with Gasteiger partial charge in [0.05, 0.1) is 17.2 Å². The zero-order valence-corrected chi connectivity index (χ0v) is 12.7. The van der Waals surface area contributed by atoms with Gasteiger partial charge in [0, 0.05) is 47.0 Å². The minimum absolute atomic E-state index is 0.238. The molecule has 2 N–H and O–H groups in total. The molecule has 0 aliphatic rings. The van der Waals surface area contributed by atoms with Crippen molar-refractivity contribution in [1.29, 1.82) is 5.26 Å². The fourth-order valence-electron chi connectivity index (χ4n) is 3.01. The summed E-state index contributed by atoms with van der Waals surface area (Å²) in [5, 5.41) is 20.0. The summed E-state index contributed by atoms with van der Waals surface area (Å²) < 4.78 is 1.94. The standard InChI is InChI=1S/C18H12N4O2/c1-22-9-14(13-6-10(18(23)24)2-3-16(13)22)15-7-12-11(8-19)4-5-20-17(12)21-15/h2-7,9H,1H3,(H,20,21)(H,23,24). The van der Waals surface area contributed by atoms with Crippen molar-refractivity contribution in [2.75, 3.05) is 0 Å². The Morgan fingerprint density at radius 1 is 1.29 bits per heavy atom. The summed E-state index contributed by atoms with van der Waals surface area (Å²) >= 11 is 0. The molecule has 0 aliphatic heterocycles. The van der Waals surface area contributed by atoms with Crippen LogP contribution in [-0.4, -0.2) is 25.6 Å². The summed E-state index contributed by atoms with van der Waals surface area (Å²) in [6.45, 7) is 0. The Balaban J connectivity index is 2.01. The summed E-state index contributed by atoms with van der Waals surface area (Å²) in [6.07, 6.45) is 3.53. The number of carboxylic acid groups (broad SMARTS) is 1. The zero-order valence-electron chi connectivity index (χ0n) is 12.7. The third kappa shape index (κ3) is 1.96. The summed E-state index contributed by atoms with van der Waals surface area (Å²) in [5.74, 6) is -0.961. The van der Waals surface area contributed by atoms with Crippen LogP contribution >= 0.6 is 0 Å². The Morgan fingerprint density at radius 3 is 2.88 bits per heavy atom. The molecule has 4 rings (SSSR count). The molecule has 0 radical (unpaired) electrons. The van der Waals surface area contributed by atoms with Crippen molar-refractivity contribution in [3.05, 3.63) is 53.9 Å². The average Bonchev–Trinajstić information content (AvgIpc) is 3.15. The predicted molar refractivity (Wildman–Crippen MR) is 89.7 cm³/mol. The largest absolute Gasteiger partial charge is 0.478 e. The molecule has 4 aromatic rings. The molecule has 0 aliphatic carbocycles. The van der Waals surface area contributed by atoms with Crippen LogP contribution in [0.3, 0.4) is 0 Å². The first-order chi connectivity index (χ1) is 11.6. The summed E-state index contributed by atoms with van der Waals surface area (Å²) in [6, 6.07) is 10.8. The van der Waals surface area contributed by atoms with Gasteiger partial charge in [-0.1, -0.05) is 0 Å². The monoisotopic (exact) mass is 316 g/mol. The highest BCUT2D eigenvalue weighted by Crippen LogP contribution is 2.32. The SMILES string of the molecule is Cn1cc(-c2cc3c(C#N)ccnc3[nH]2)c2cc(C(=O)O)ccc21. The molecule has 1 aromatic carbocycles. The Hall–Kier alpha value is -3.59. The number of aromatic nitrogens is 3. The van der Waals surface area contributed by atoms with Crippen LogP contribution in [-0.2, 0) is 7.05 Å². The van der Waals surface area contributed by atoms with Crippen molar-refractivity contribution in [2.45, 2.75) is 0 Å². The number of hydrogen-bond donors (Lipinski definition) is 2. The molecule has 6 nitrogen and oxygen atoms in total. The van der Waals surface area contributed by atoms with E-state index in [2.05, 4.69) is 16.0 Å². The Bertz CT molecular complexity index is 1160. The van der Waals surface area contributed by atoms with Crippen LogP contribution in [0, 0.1) is 11.3 Å². The molecule has 24 heavy (non-hydrogen) atoms. The topological polar surface area (TPSA) is 94.7 Å². The molecule has 0 bridgehead atoms. The van der Waals surface area contributed by atoms with Crippen LogP contribution < -0.4 is 0 Å². The second-order valence-electron chi connectivity index (χ2n) is 5.61. The second-order valence-corrected chi connectivity index (χ2v) is 5.61. The number of fused-ring (bicyclic) bond motifs is 2.